The van der Waals surface area contributed by atoms with Crippen LogP contribution in [0.5, 0.6) is 0 Å². The molecular formula is C42H68N6O14. The fourth-order valence-corrected chi connectivity index (χ4v) is 5.66. The number of aldehydes is 1. The predicted octanol–water partition coefficient (Wildman–Crippen LogP) is -0.150. The molecule has 0 aromatic heterocycles. The highest BCUT2D eigenvalue weighted by Gasteiger charge is 2.29. The quantitative estimate of drug-likeness (QED) is 0.0231. The normalized spacial score (nSPS) is 12.3. The summed E-state index contributed by atoms with van der Waals surface area (Å²) in [4.78, 5) is 56.4. The number of hydrogen-bond donors (Lipinski definition) is 6. The predicted molar refractivity (Wildman–Crippen MR) is 230 cm³/mol. The molecule has 350 valence electrons. The van der Waals surface area contributed by atoms with Gasteiger partial charge in [-0.25, -0.2) is 0 Å². The Bertz CT molecular complexity index is 1530. The van der Waals surface area contributed by atoms with Crippen LogP contribution in [0.2, 0.25) is 0 Å². The van der Waals surface area contributed by atoms with E-state index in [4.69, 9.17) is 54.5 Å². The number of rotatable bonds is 34. The fraction of sp³-hybridized carbons (Fsp3) is 0.595. The number of methoxy groups -OCH3 is 1. The lowest BCUT2D eigenvalue weighted by Crippen LogP contribution is -2.37. The first-order chi connectivity index (χ1) is 30.2. The van der Waals surface area contributed by atoms with E-state index in [2.05, 4.69) is 16.0 Å². The van der Waals surface area contributed by atoms with Gasteiger partial charge in [0.05, 0.1) is 92.6 Å². The summed E-state index contributed by atoms with van der Waals surface area (Å²) in [5.41, 5.74) is 15.9. The molecule has 1 aliphatic rings. The number of carboxylic acids is 1. The third-order valence-corrected chi connectivity index (χ3v) is 8.52. The Balaban J connectivity index is 0.000000551. The number of ether oxygens (including phenoxy) is 8. The van der Waals surface area contributed by atoms with Crippen molar-refractivity contribution in [2.24, 2.45) is 11.5 Å². The Morgan fingerprint density at radius 2 is 1.32 bits per heavy atom. The third kappa shape index (κ3) is 25.5. The molecule has 0 spiro atoms. The molecule has 3 rings (SSSR count). The maximum atomic E-state index is 12.7. The van der Waals surface area contributed by atoms with Crippen molar-refractivity contribution in [3.05, 3.63) is 58.7 Å². The number of esters is 1. The van der Waals surface area contributed by atoms with E-state index in [1.54, 1.807) is 12.0 Å². The van der Waals surface area contributed by atoms with Gasteiger partial charge in [0, 0.05) is 70.3 Å². The number of likely N-dealkylation sites (N-methyl/N-ethyl adjacent to an activating group) is 1. The molecule has 0 fully saturated rings. The van der Waals surface area contributed by atoms with Gasteiger partial charge in [-0.05, 0) is 47.5 Å². The van der Waals surface area contributed by atoms with E-state index in [0.29, 0.717) is 123 Å². The van der Waals surface area contributed by atoms with Gasteiger partial charge in [0.15, 0.2) is 0 Å². The summed E-state index contributed by atoms with van der Waals surface area (Å²) in [5.74, 6) is -1.54. The number of nitrogens with zero attached hydrogens (tertiary/aromatic N) is 1. The van der Waals surface area contributed by atoms with Crippen molar-refractivity contribution in [3.8, 4) is 11.1 Å². The zero-order valence-corrected chi connectivity index (χ0v) is 36.4. The molecule has 1 unspecified atom stereocenters. The van der Waals surface area contributed by atoms with E-state index < -0.39 is 11.9 Å². The molecule has 8 N–H and O–H groups in total. The molecule has 0 radical (unpaired) electrons. The van der Waals surface area contributed by atoms with Gasteiger partial charge in [0.2, 0.25) is 6.41 Å². The molecular weight excluding hydrogens is 812 g/mol. The van der Waals surface area contributed by atoms with Gasteiger partial charge in [-0.3, -0.25) is 28.9 Å². The lowest BCUT2D eigenvalue weighted by atomic mass is 9.95. The lowest BCUT2D eigenvalue weighted by Gasteiger charge is -2.19. The number of hydrogen-bond acceptors (Lipinski definition) is 17. The molecule has 0 aliphatic heterocycles. The van der Waals surface area contributed by atoms with Gasteiger partial charge in [-0.15, -0.1) is 0 Å². The average molecular weight is 881 g/mol. The number of amides is 2. The molecule has 2 aromatic rings. The number of carbonyl (C=O) groups is 5. The standard InChI is InChI=1S/C25H32N2O6.C9H16N2O5.C8H20N2O3/c1-30-17-24-22-14-18(16-28)2-4-20(22)21-5-3-19(15-23(21)24)25(29)27-7-9-32-11-13-33-12-10-31-8-6-26;1-8(13)16-5-4-11(6-9(14)15)3-2-10-7-12;1-10-2-3-11-4-5-12-6-7-13-8-9/h2-5,14-16,24H,6-13,17,26H2,1H3,(H,27,29);7H,2-6H2,1H3,(H,10,12)(H,14,15);10H,2-9H2,1H3. The van der Waals surface area contributed by atoms with Gasteiger partial charge in [-0.2, -0.15) is 0 Å². The first-order valence-corrected chi connectivity index (χ1v) is 20.4. The summed E-state index contributed by atoms with van der Waals surface area (Å²) in [6.07, 6.45) is 1.39. The average Bonchev–Trinajstić information content (AvgIpc) is 3.56. The van der Waals surface area contributed by atoms with Crippen molar-refractivity contribution >= 4 is 30.5 Å². The number of carboxylic acid groups (broad SMARTS) is 1. The SMILES string of the molecule is CC(=O)OCCN(CCNC=O)CC(=O)O.CNCCOCCOCCOCN.COCC1c2cc(C=O)ccc2-c2ccc(C(=O)NCCOCCOCCOCCN)cc21. The zero-order valence-electron chi connectivity index (χ0n) is 36.4. The second-order valence-electron chi connectivity index (χ2n) is 13.1. The van der Waals surface area contributed by atoms with Crippen LogP contribution in [-0.4, -0.2) is 193 Å². The first kappa shape index (κ1) is 55.6. The highest BCUT2D eigenvalue weighted by Crippen LogP contribution is 2.45. The van der Waals surface area contributed by atoms with E-state index >= 15 is 0 Å². The molecule has 20 nitrogen and oxygen atoms in total. The summed E-state index contributed by atoms with van der Waals surface area (Å²) in [6, 6.07) is 11.4. The first-order valence-electron chi connectivity index (χ1n) is 20.4. The van der Waals surface area contributed by atoms with Gasteiger partial charge in [0.25, 0.3) is 5.91 Å². The van der Waals surface area contributed by atoms with Gasteiger partial charge in [-0.1, -0.05) is 18.2 Å². The van der Waals surface area contributed by atoms with Crippen molar-refractivity contribution in [1.29, 1.82) is 0 Å². The molecule has 1 atom stereocenters. The molecule has 0 bridgehead atoms. The second kappa shape index (κ2) is 37.1. The van der Waals surface area contributed by atoms with Crippen LogP contribution in [-0.2, 0) is 52.3 Å². The van der Waals surface area contributed by atoms with E-state index in [0.717, 1.165) is 41.7 Å². The van der Waals surface area contributed by atoms with Crippen molar-refractivity contribution in [1.82, 2.24) is 20.9 Å². The van der Waals surface area contributed by atoms with Crippen LogP contribution in [0.15, 0.2) is 36.4 Å². The van der Waals surface area contributed by atoms with Crippen LogP contribution in [0.1, 0.15) is 44.7 Å². The van der Waals surface area contributed by atoms with E-state index in [-0.39, 0.29) is 31.7 Å². The summed E-state index contributed by atoms with van der Waals surface area (Å²) in [5, 5.41) is 16.9. The molecule has 62 heavy (non-hydrogen) atoms. The summed E-state index contributed by atoms with van der Waals surface area (Å²) in [6.45, 7) is 10.8. The van der Waals surface area contributed by atoms with E-state index in [1.165, 1.54) is 6.92 Å². The maximum Gasteiger partial charge on any atom is 0.317 e. The largest absolute Gasteiger partial charge is 0.480 e. The fourth-order valence-electron chi connectivity index (χ4n) is 5.66. The van der Waals surface area contributed by atoms with Crippen LogP contribution in [0.3, 0.4) is 0 Å². The van der Waals surface area contributed by atoms with Crippen molar-refractivity contribution < 1.29 is 67.0 Å². The minimum absolute atomic E-state index is 0.0170. The molecule has 0 saturated carbocycles. The highest BCUT2D eigenvalue weighted by molar-refractivity contribution is 5.96. The Morgan fingerprint density at radius 1 is 0.742 bits per heavy atom. The monoisotopic (exact) mass is 880 g/mol. The van der Waals surface area contributed by atoms with E-state index in [9.17, 15) is 24.0 Å². The summed E-state index contributed by atoms with van der Waals surface area (Å²) in [7, 11) is 3.54. The lowest BCUT2D eigenvalue weighted by molar-refractivity contribution is -0.141. The van der Waals surface area contributed by atoms with Crippen LogP contribution >= 0.6 is 0 Å². The number of fused-ring (bicyclic) bond motifs is 3. The summed E-state index contributed by atoms with van der Waals surface area (Å²) < 4.78 is 41.5. The smallest absolute Gasteiger partial charge is 0.317 e. The Kier molecular flexibility index (Phi) is 33.3. The van der Waals surface area contributed by atoms with Crippen molar-refractivity contribution in [2.75, 3.05) is 153 Å². The summed E-state index contributed by atoms with van der Waals surface area (Å²) >= 11 is 0. The third-order valence-electron chi connectivity index (χ3n) is 8.52. The van der Waals surface area contributed by atoms with Crippen LogP contribution in [0.4, 0.5) is 0 Å². The van der Waals surface area contributed by atoms with Crippen LogP contribution in [0, 0.1) is 0 Å². The number of carbonyl (C=O) groups excluding carboxylic acids is 4. The van der Waals surface area contributed by atoms with Crippen LogP contribution in [0.25, 0.3) is 11.1 Å². The number of benzene rings is 2. The second-order valence-corrected chi connectivity index (χ2v) is 13.1. The molecule has 0 heterocycles. The Hall–Kier alpha value is -4.45. The van der Waals surface area contributed by atoms with Crippen molar-refractivity contribution in [3.63, 3.8) is 0 Å². The minimum Gasteiger partial charge on any atom is -0.480 e. The van der Waals surface area contributed by atoms with Crippen LogP contribution < -0.4 is 27.4 Å². The van der Waals surface area contributed by atoms with Gasteiger partial charge >= 0.3 is 11.9 Å². The number of nitrogens with two attached hydrogens (primary N) is 2. The van der Waals surface area contributed by atoms with E-state index in [1.807, 2.05) is 43.4 Å². The Labute approximate surface area is 364 Å². The zero-order chi connectivity index (χ0) is 45.6. The number of nitrogens with one attached hydrogen (secondary N) is 3. The molecule has 2 aromatic carbocycles. The maximum absolute atomic E-state index is 12.7. The number of aliphatic carboxylic acids is 1. The minimum atomic E-state index is -0.964. The molecule has 2 amide bonds. The molecule has 1 aliphatic carbocycles. The Morgan fingerprint density at radius 3 is 1.87 bits per heavy atom. The topological polar surface area (TPSA) is 271 Å². The highest BCUT2D eigenvalue weighted by atomic mass is 16.6. The van der Waals surface area contributed by atoms with Gasteiger partial charge in [0.1, 0.15) is 12.9 Å². The molecule has 20 heteroatoms. The van der Waals surface area contributed by atoms with Crippen molar-refractivity contribution in [2.45, 2.75) is 12.8 Å². The molecule has 0 saturated heterocycles. The van der Waals surface area contributed by atoms with Gasteiger partial charge < -0.3 is 70.4 Å².